The Hall–Kier alpha value is -4.71. The lowest BCUT2D eigenvalue weighted by atomic mass is 9.92. The standard InChI is InChI=1S/C34H40F2N4O6/c1-21-9-10-23(17-27(21)39-19-25-26(35)11-12-29(41)30(25)36)32(43)40-20-24-8-6-5-7-22(24)18-28(40)31(42)37-13-15-45-16-14-38-33(44)46-34(2,3)4/h5-12,17,28,39,41H,13-16,18-20H2,1-4H3,(H,37,42)(H,38,44)/t28-/m0/s1. The fraction of sp³-hybridized carbons (Fsp3) is 0.382. The molecule has 1 aliphatic rings. The van der Waals surface area contributed by atoms with E-state index in [9.17, 15) is 28.3 Å². The number of aryl methyl sites for hydroxylation is 1. The summed E-state index contributed by atoms with van der Waals surface area (Å²) in [5.74, 6) is -3.23. The maximum absolute atomic E-state index is 14.3. The van der Waals surface area contributed by atoms with Gasteiger partial charge in [-0.05, 0) is 68.7 Å². The van der Waals surface area contributed by atoms with Crippen LogP contribution < -0.4 is 16.0 Å². The van der Waals surface area contributed by atoms with Crippen LogP contribution in [0.15, 0.2) is 54.6 Å². The maximum Gasteiger partial charge on any atom is 0.407 e. The zero-order chi connectivity index (χ0) is 33.4. The SMILES string of the molecule is Cc1ccc(C(=O)N2Cc3ccccc3C[C@H]2C(=O)NCCOCCNC(=O)OC(C)(C)C)cc1NCc1c(F)ccc(O)c1F. The average molecular weight is 639 g/mol. The number of rotatable bonds is 11. The molecule has 4 N–H and O–H groups in total. The summed E-state index contributed by atoms with van der Waals surface area (Å²) < 4.78 is 39.3. The topological polar surface area (TPSA) is 129 Å². The molecular weight excluding hydrogens is 598 g/mol. The molecule has 1 heterocycles. The molecular formula is C34H40F2N4O6. The minimum absolute atomic E-state index is 0.201. The molecule has 0 saturated carbocycles. The van der Waals surface area contributed by atoms with Gasteiger partial charge in [0.15, 0.2) is 11.6 Å². The number of hydrogen-bond donors (Lipinski definition) is 4. The highest BCUT2D eigenvalue weighted by Crippen LogP contribution is 2.28. The second-order valence-electron chi connectivity index (χ2n) is 12.0. The van der Waals surface area contributed by atoms with Crippen molar-refractivity contribution < 1.29 is 37.7 Å². The van der Waals surface area contributed by atoms with Crippen LogP contribution in [0.3, 0.4) is 0 Å². The van der Waals surface area contributed by atoms with Crippen molar-refractivity contribution in [2.45, 2.75) is 58.8 Å². The number of hydrogen-bond acceptors (Lipinski definition) is 7. The molecule has 1 aliphatic heterocycles. The first-order valence-corrected chi connectivity index (χ1v) is 15.0. The van der Waals surface area contributed by atoms with Crippen molar-refractivity contribution in [2.24, 2.45) is 0 Å². The summed E-state index contributed by atoms with van der Waals surface area (Å²) in [6, 6.07) is 13.7. The summed E-state index contributed by atoms with van der Waals surface area (Å²) in [6.45, 7) is 7.94. The minimum atomic E-state index is -1.05. The second-order valence-corrected chi connectivity index (χ2v) is 12.0. The number of amides is 3. The van der Waals surface area contributed by atoms with Gasteiger partial charge in [-0.15, -0.1) is 0 Å². The quantitative estimate of drug-likeness (QED) is 0.222. The number of carbonyl (C=O) groups is 3. The van der Waals surface area contributed by atoms with Gasteiger partial charge in [-0.2, -0.15) is 0 Å². The van der Waals surface area contributed by atoms with Crippen LogP contribution in [-0.4, -0.2) is 65.9 Å². The van der Waals surface area contributed by atoms with Gasteiger partial charge in [0.1, 0.15) is 17.5 Å². The second kappa shape index (κ2) is 15.0. The summed E-state index contributed by atoms with van der Waals surface area (Å²) >= 11 is 0. The molecule has 0 fully saturated rings. The molecule has 0 saturated heterocycles. The highest BCUT2D eigenvalue weighted by Gasteiger charge is 2.35. The van der Waals surface area contributed by atoms with E-state index in [-0.39, 0.29) is 56.8 Å². The Morgan fingerprint density at radius 1 is 0.978 bits per heavy atom. The van der Waals surface area contributed by atoms with Gasteiger partial charge in [0.25, 0.3) is 5.91 Å². The summed E-state index contributed by atoms with van der Waals surface area (Å²) in [4.78, 5) is 40.6. The number of alkyl carbamates (subject to hydrolysis) is 1. The Morgan fingerprint density at radius 3 is 2.39 bits per heavy atom. The molecule has 12 heteroatoms. The summed E-state index contributed by atoms with van der Waals surface area (Å²) in [6.07, 6.45) is -0.218. The predicted octanol–water partition coefficient (Wildman–Crippen LogP) is 4.82. The number of phenols is 1. The minimum Gasteiger partial charge on any atom is -0.505 e. The molecule has 0 aliphatic carbocycles. The van der Waals surface area contributed by atoms with Crippen molar-refractivity contribution in [1.29, 1.82) is 0 Å². The van der Waals surface area contributed by atoms with E-state index in [2.05, 4.69) is 16.0 Å². The third kappa shape index (κ3) is 8.94. The summed E-state index contributed by atoms with van der Waals surface area (Å²) in [7, 11) is 0. The van der Waals surface area contributed by atoms with Crippen molar-refractivity contribution in [3.8, 4) is 5.75 Å². The summed E-state index contributed by atoms with van der Waals surface area (Å²) in [5.41, 5.74) is 2.48. The molecule has 1 atom stereocenters. The third-order valence-electron chi connectivity index (χ3n) is 7.38. The number of benzene rings is 3. The fourth-order valence-corrected chi connectivity index (χ4v) is 5.02. The van der Waals surface area contributed by atoms with E-state index in [1.165, 1.54) is 4.90 Å². The van der Waals surface area contributed by atoms with Crippen LogP contribution in [0.2, 0.25) is 0 Å². The van der Waals surface area contributed by atoms with Gasteiger partial charge in [0.2, 0.25) is 5.91 Å². The predicted molar refractivity (Wildman–Crippen MR) is 168 cm³/mol. The van der Waals surface area contributed by atoms with Crippen molar-refractivity contribution in [3.05, 3.63) is 94.0 Å². The zero-order valence-electron chi connectivity index (χ0n) is 26.4. The number of aromatic hydroxyl groups is 1. The molecule has 0 aromatic heterocycles. The van der Waals surface area contributed by atoms with Gasteiger partial charge in [-0.3, -0.25) is 9.59 Å². The van der Waals surface area contributed by atoms with Crippen molar-refractivity contribution >= 4 is 23.6 Å². The maximum atomic E-state index is 14.3. The van der Waals surface area contributed by atoms with E-state index < -0.39 is 35.1 Å². The Kier molecular flexibility index (Phi) is 11.2. The van der Waals surface area contributed by atoms with E-state index in [0.717, 1.165) is 28.8 Å². The van der Waals surface area contributed by atoms with Gasteiger partial charge in [-0.25, -0.2) is 13.6 Å². The average Bonchev–Trinajstić information content (AvgIpc) is 3.01. The lowest BCUT2D eigenvalue weighted by Crippen LogP contribution is -2.53. The molecule has 10 nitrogen and oxygen atoms in total. The third-order valence-corrected chi connectivity index (χ3v) is 7.38. The number of nitrogens with one attached hydrogen (secondary N) is 3. The Balaban J connectivity index is 1.40. The number of nitrogens with zero attached hydrogens (tertiary/aromatic N) is 1. The molecule has 3 aromatic carbocycles. The molecule has 3 amide bonds. The smallest absolute Gasteiger partial charge is 0.407 e. The van der Waals surface area contributed by atoms with Crippen LogP contribution in [0.1, 0.15) is 53.4 Å². The lowest BCUT2D eigenvalue weighted by Gasteiger charge is -2.36. The molecule has 0 unspecified atom stereocenters. The van der Waals surface area contributed by atoms with Crippen LogP contribution in [0.25, 0.3) is 0 Å². The molecule has 246 valence electrons. The molecule has 0 radical (unpaired) electrons. The van der Waals surface area contributed by atoms with Crippen LogP contribution in [0, 0.1) is 18.6 Å². The Labute approximate surface area is 267 Å². The van der Waals surface area contributed by atoms with Crippen molar-refractivity contribution in [1.82, 2.24) is 15.5 Å². The first kappa shape index (κ1) is 34.2. The largest absolute Gasteiger partial charge is 0.505 e. The van der Waals surface area contributed by atoms with Gasteiger partial charge < -0.3 is 35.4 Å². The first-order valence-electron chi connectivity index (χ1n) is 15.0. The summed E-state index contributed by atoms with van der Waals surface area (Å²) in [5, 5.41) is 18.1. The van der Waals surface area contributed by atoms with Crippen molar-refractivity contribution in [3.63, 3.8) is 0 Å². The highest BCUT2D eigenvalue weighted by molar-refractivity contribution is 5.98. The number of carbonyl (C=O) groups excluding carboxylic acids is 3. The Morgan fingerprint density at radius 2 is 1.67 bits per heavy atom. The lowest BCUT2D eigenvalue weighted by molar-refractivity contribution is -0.126. The fourth-order valence-electron chi connectivity index (χ4n) is 5.02. The Bertz CT molecular complexity index is 1580. The van der Waals surface area contributed by atoms with Gasteiger partial charge in [0.05, 0.1) is 13.2 Å². The van der Waals surface area contributed by atoms with E-state index in [1.807, 2.05) is 24.3 Å². The van der Waals surface area contributed by atoms with E-state index in [4.69, 9.17) is 9.47 Å². The van der Waals surface area contributed by atoms with E-state index >= 15 is 0 Å². The van der Waals surface area contributed by atoms with Gasteiger partial charge in [-0.1, -0.05) is 30.3 Å². The van der Waals surface area contributed by atoms with Crippen LogP contribution >= 0.6 is 0 Å². The molecule has 0 bridgehead atoms. The molecule has 0 spiro atoms. The number of halogens is 2. The molecule has 3 aromatic rings. The highest BCUT2D eigenvalue weighted by atomic mass is 19.1. The number of ether oxygens (including phenoxy) is 2. The number of fused-ring (bicyclic) bond motifs is 1. The van der Waals surface area contributed by atoms with E-state index in [1.54, 1.807) is 45.9 Å². The monoisotopic (exact) mass is 638 g/mol. The normalized spacial score (nSPS) is 14.3. The van der Waals surface area contributed by atoms with Gasteiger partial charge in [0, 0.05) is 49.4 Å². The van der Waals surface area contributed by atoms with Crippen LogP contribution in [0.5, 0.6) is 5.75 Å². The van der Waals surface area contributed by atoms with Crippen molar-refractivity contribution in [2.75, 3.05) is 31.6 Å². The molecule has 46 heavy (non-hydrogen) atoms. The zero-order valence-corrected chi connectivity index (χ0v) is 26.4. The number of anilines is 1. The van der Waals surface area contributed by atoms with E-state index in [0.29, 0.717) is 17.7 Å². The van der Waals surface area contributed by atoms with Crippen LogP contribution in [-0.2, 0) is 33.8 Å². The van der Waals surface area contributed by atoms with Gasteiger partial charge >= 0.3 is 6.09 Å². The number of phenolic OH excluding ortho intramolecular Hbond substituents is 1. The first-order chi connectivity index (χ1) is 21.8. The molecule has 4 rings (SSSR count). The van der Waals surface area contributed by atoms with Crippen LogP contribution in [0.4, 0.5) is 19.3 Å².